The van der Waals surface area contributed by atoms with Gasteiger partial charge in [0.05, 0.1) is 31.1 Å². The van der Waals surface area contributed by atoms with Crippen molar-refractivity contribution in [3.63, 3.8) is 0 Å². The van der Waals surface area contributed by atoms with Crippen molar-refractivity contribution >= 4 is 81.8 Å². The van der Waals surface area contributed by atoms with E-state index in [1.807, 2.05) is 24.3 Å². The number of aliphatic hydroxyl groups excluding tert-OH is 2. The number of guanidine groups is 2. The fourth-order valence-corrected chi connectivity index (χ4v) is 8.65. The van der Waals surface area contributed by atoms with Gasteiger partial charge in [0.2, 0.25) is 53.2 Å². The van der Waals surface area contributed by atoms with Crippen LogP contribution in [0.2, 0.25) is 0 Å². The summed E-state index contributed by atoms with van der Waals surface area (Å²) < 4.78 is 0. The van der Waals surface area contributed by atoms with Gasteiger partial charge in [-0.1, -0.05) is 76.6 Å². The average molecular weight is 1210 g/mol. The first-order valence-electron chi connectivity index (χ1n) is 28.1. The molecule has 23 N–H and O–H groups in total. The van der Waals surface area contributed by atoms with Crippen LogP contribution in [-0.2, 0) is 60.8 Å². The van der Waals surface area contributed by atoms with Gasteiger partial charge in [-0.05, 0) is 74.6 Å². The van der Waals surface area contributed by atoms with Gasteiger partial charge in [0.15, 0.2) is 11.9 Å². The maximum absolute atomic E-state index is 14.6. The van der Waals surface area contributed by atoms with E-state index in [0.717, 1.165) is 24.6 Å². The highest BCUT2D eigenvalue weighted by molar-refractivity contribution is 5.99. The van der Waals surface area contributed by atoms with Crippen LogP contribution in [0, 0.1) is 11.8 Å². The number of carboxylic acids is 1. The highest BCUT2D eigenvalue weighted by Gasteiger charge is 2.37. The molecule has 31 nitrogen and oxygen atoms in total. The van der Waals surface area contributed by atoms with E-state index in [9.17, 15) is 63.3 Å². The largest absolute Gasteiger partial charge is 0.480 e. The lowest BCUT2D eigenvalue weighted by molar-refractivity contribution is -0.144. The Kier molecular flexibility index (Phi) is 29.3. The number of imidazole rings is 1. The minimum Gasteiger partial charge on any atom is -0.480 e. The number of H-pyrrole nitrogens is 1. The van der Waals surface area contributed by atoms with E-state index in [2.05, 4.69) is 67.8 Å². The van der Waals surface area contributed by atoms with Crippen LogP contribution in [0.5, 0.6) is 0 Å². The number of aromatic amines is 1. The van der Waals surface area contributed by atoms with Crippen molar-refractivity contribution in [3.8, 4) is 0 Å². The van der Waals surface area contributed by atoms with Crippen molar-refractivity contribution in [2.75, 3.05) is 19.6 Å². The molecule has 0 fully saturated rings. The lowest BCUT2D eigenvalue weighted by Crippen LogP contribution is -2.63. The summed E-state index contributed by atoms with van der Waals surface area (Å²) in [5.41, 5.74) is 28.7. The van der Waals surface area contributed by atoms with Gasteiger partial charge in [-0.2, -0.15) is 0 Å². The van der Waals surface area contributed by atoms with Gasteiger partial charge in [0, 0.05) is 37.8 Å². The van der Waals surface area contributed by atoms with Gasteiger partial charge in [-0.25, -0.2) is 9.78 Å². The molecule has 1 unspecified atom stereocenters. The summed E-state index contributed by atoms with van der Waals surface area (Å²) in [6.45, 7) is 9.68. The third kappa shape index (κ3) is 23.6. The standard InChI is InChI=1S/C55H86N18O13/c1-8-28(4)42(51(83)70-41(27(2)3)53(85)86)71-47(79)37(19-13-21-63-55(59)60)67-40(76)25-64-50(82)43(30(6)74)73-52(84)44(31(7)75)72-49(81)39(23-34-24-61-26-65-34)69-48(80)38(22-33-16-11-15-32-14-9-10-17-35(32)33)68-45(77)29(5)66-46(78)36(56)18-12-20-62-54(57)58/h9-11,14-17,24,26-31,36-39,41-44,74-75H,8,12-13,18-23,25,56H2,1-7H3,(H,61,65)(H,64,82)(H,66,78)(H,67,76)(H,68,77)(H,69,80)(H,70,83)(H,71,79)(H,72,81)(H,73,84)(H,85,86)(H4,57,58,62)(H4,59,60,63)/t28?,29-,30+,31+,36-,37-,38-,39-,41+,42-,43-,44-/m0/s1. The quantitative estimate of drug-likeness (QED) is 0.0148. The Hall–Kier alpha value is -8.97. The molecule has 0 bridgehead atoms. The monoisotopic (exact) mass is 1210 g/mol. The Balaban J connectivity index is 1.84. The van der Waals surface area contributed by atoms with E-state index >= 15 is 0 Å². The molecule has 3 aromatic rings. The summed E-state index contributed by atoms with van der Waals surface area (Å²) in [4.78, 5) is 151. The lowest BCUT2D eigenvalue weighted by atomic mass is 9.96. The number of aliphatic carboxylic acids is 1. The number of aliphatic hydroxyl groups is 2. The maximum atomic E-state index is 14.6. The Morgan fingerprint density at radius 3 is 1.69 bits per heavy atom. The summed E-state index contributed by atoms with van der Waals surface area (Å²) in [5, 5.41) is 55.3. The van der Waals surface area contributed by atoms with Crippen molar-refractivity contribution in [3.05, 3.63) is 66.2 Å². The number of fused-ring (bicyclic) bond motifs is 1. The zero-order valence-corrected chi connectivity index (χ0v) is 49.4. The van der Waals surface area contributed by atoms with Crippen LogP contribution >= 0.6 is 0 Å². The number of aromatic nitrogens is 2. The van der Waals surface area contributed by atoms with Crippen LogP contribution < -0.4 is 76.5 Å². The minimum atomic E-state index is -1.87. The van der Waals surface area contributed by atoms with Gasteiger partial charge in [0.25, 0.3) is 0 Å². The number of nitrogens with two attached hydrogens (primary N) is 5. The number of carbonyl (C=O) groups excluding carboxylic acids is 9. The molecular formula is C55H86N18O13. The number of amides is 9. The average Bonchev–Trinajstić information content (AvgIpc) is 3.90. The molecule has 474 valence electrons. The summed E-state index contributed by atoms with van der Waals surface area (Å²) >= 11 is 0. The zero-order chi connectivity index (χ0) is 64.4. The van der Waals surface area contributed by atoms with E-state index in [4.69, 9.17) is 28.7 Å². The molecule has 2 aromatic carbocycles. The van der Waals surface area contributed by atoms with Crippen LogP contribution in [-0.4, -0.2) is 183 Å². The topological polar surface area (TPSA) is 523 Å². The van der Waals surface area contributed by atoms with Crippen LogP contribution in [0.15, 0.2) is 65.0 Å². The molecule has 0 saturated heterocycles. The minimum absolute atomic E-state index is 0.0320. The molecule has 0 saturated carbocycles. The van der Waals surface area contributed by atoms with Crippen LogP contribution in [0.25, 0.3) is 10.8 Å². The first kappa shape index (κ1) is 71.3. The third-order valence-electron chi connectivity index (χ3n) is 13.8. The summed E-state index contributed by atoms with van der Waals surface area (Å²) in [5.74, 6) is -10.9. The molecule has 0 spiro atoms. The highest BCUT2D eigenvalue weighted by atomic mass is 16.4. The van der Waals surface area contributed by atoms with E-state index in [-0.39, 0.29) is 57.1 Å². The van der Waals surface area contributed by atoms with Crippen LogP contribution in [0.4, 0.5) is 0 Å². The number of nitrogens with one attached hydrogen (secondary N) is 10. The second-order valence-corrected chi connectivity index (χ2v) is 21.2. The van der Waals surface area contributed by atoms with Gasteiger partial charge in [0.1, 0.15) is 48.3 Å². The molecule has 86 heavy (non-hydrogen) atoms. The zero-order valence-electron chi connectivity index (χ0n) is 49.4. The molecule has 1 aromatic heterocycles. The van der Waals surface area contributed by atoms with Gasteiger partial charge >= 0.3 is 5.97 Å². The van der Waals surface area contributed by atoms with Crippen LogP contribution in [0.1, 0.15) is 91.8 Å². The Bertz CT molecular complexity index is 2840. The molecule has 3 rings (SSSR count). The van der Waals surface area contributed by atoms with Crippen molar-refractivity contribution in [2.24, 2.45) is 50.5 Å². The number of rotatable bonds is 36. The van der Waals surface area contributed by atoms with Crippen molar-refractivity contribution < 1.29 is 63.3 Å². The molecule has 9 amide bonds. The highest BCUT2D eigenvalue weighted by Crippen LogP contribution is 2.21. The molecule has 0 aliphatic rings. The third-order valence-corrected chi connectivity index (χ3v) is 13.8. The first-order valence-corrected chi connectivity index (χ1v) is 28.1. The number of hydrogen-bond acceptors (Lipinski definition) is 16. The molecule has 0 aliphatic heterocycles. The smallest absolute Gasteiger partial charge is 0.326 e. The second-order valence-electron chi connectivity index (χ2n) is 21.2. The molecular weight excluding hydrogens is 1120 g/mol. The SMILES string of the molecule is CCC(C)[C@H](NC(=O)[C@H](CCCN=C(N)N)NC(=O)CNC(=O)[C@@H](NC(=O)[C@@H](NC(=O)[C@H](Cc1cnc[nH]1)NC(=O)[C@H](Cc1cccc2ccccc12)NC(=O)[C@H](C)NC(=O)[C@@H](N)CCCN=C(N)N)[C@@H](C)O)[C@@H](C)O)C(=O)N[C@@H](C(=O)O)C(C)C. The van der Waals surface area contributed by atoms with E-state index < -0.39 is 144 Å². The van der Waals surface area contributed by atoms with Gasteiger partial charge in [-0.15, -0.1) is 0 Å². The number of benzene rings is 2. The number of nitrogens with zero attached hydrogens (tertiary/aromatic N) is 3. The second kappa shape index (κ2) is 35.4. The number of carbonyl (C=O) groups is 10. The number of aliphatic imine (C=N–C) groups is 2. The van der Waals surface area contributed by atoms with Crippen LogP contribution in [0.3, 0.4) is 0 Å². The molecule has 0 radical (unpaired) electrons. The summed E-state index contributed by atoms with van der Waals surface area (Å²) in [6, 6.07) is -0.141. The Morgan fingerprint density at radius 2 is 1.10 bits per heavy atom. The predicted octanol–water partition coefficient (Wildman–Crippen LogP) is -4.65. The van der Waals surface area contributed by atoms with Crippen molar-refractivity contribution in [2.45, 2.75) is 160 Å². The normalized spacial score (nSPS) is 15.3. The number of hydrogen-bond donors (Lipinski definition) is 18. The van der Waals surface area contributed by atoms with E-state index in [0.29, 0.717) is 24.1 Å². The summed E-state index contributed by atoms with van der Waals surface area (Å²) in [6.07, 6.45) is -0.121. The maximum Gasteiger partial charge on any atom is 0.326 e. The summed E-state index contributed by atoms with van der Waals surface area (Å²) in [7, 11) is 0. The first-order chi connectivity index (χ1) is 40.5. The van der Waals surface area contributed by atoms with Crippen molar-refractivity contribution in [1.29, 1.82) is 0 Å². The molecule has 1 heterocycles. The predicted molar refractivity (Wildman–Crippen MR) is 317 cm³/mol. The Labute approximate surface area is 497 Å². The lowest BCUT2D eigenvalue weighted by Gasteiger charge is -2.29. The van der Waals surface area contributed by atoms with Gasteiger partial charge in [-0.3, -0.25) is 53.1 Å². The fourth-order valence-electron chi connectivity index (χ4n) is 8.65. The molecule has 31 heteroatoms. The Morgan fingerprint density at radius 1 is 0.581 bits per heavy atom. The van der Waals surface area contributed by atoms with Gasteiger partial charge < -0.3 is 96.8 Å². The number of carboxylic acid groups (broad SMARTS) is 1. The van der Waals surface area contributed by atoms with Crippen molar-refractivity contribution in [1.82, 2.24) is 57.8 Å². The van der Waals surface area contributed by atoms with E-state index in [1.54, 1.807) is 45.9 Å². The fraction of sp³-hybridized carbons (Fsp3) is 0.545. The molecule has 0 aliphatic carbocycles. The molecule has 12 atom stereocenters. The van der Waals surface area contributed by atoms with E-state index in [1.165, 1.54) is 19.4 Å².